The van der Waals surface area contributed by atoms with Crippen molar-refractivity contribution in [2.45, 2.75) is 45.2 Å². The Hall–Kier alpha value is -0.810. The molecule has 0 heterocycles. The van der Waals surface area contributed by atoms with E-state index in [0.717, 1.165) is 12.8 Å². The van der Waals surface area contributed by atoms with Gasteiger partial charge in [0.25, 0.3) is 0 Å². The molecule has 0 saturated carbocycles. The molecular weight excluding hydrogens is 333 g/mol. The summed E-state index contributed by atoms with van der Waals surface area (Å²) in [6, 6.07) is 8.88. The van der Waals surface area contributed by atoms with E-state index in [0.29, 0.717) is 13.0 Å². The van der Waals surface area contributed by atoms with Gasteiger partial charge in [-0.15, -0.1) is 24.8 Å². The van der Waals surface area contributed by atoms with E-state index in [1.165, 1.54) is 11.1 Å². The van der Waals surface area contributed by atoms with Gasteiger partial charge >= 0.3 is 0 Å². The first-order chi connectivity index (χ1) is 9.93. The predicted molar refractivity (Wildman–Crippen MR) is 103 cm³/mol. The summed E-state index contributed by atoms with van der Waals surface area (Å²) >= 11 is 0. The number of carbonyl (C=O) groups is 1. The molecule has 0 radical (unpaired) electrons. The maximum absolute atomic E-state index is 11.8. The molecule has 4 nitrogen and oxygen atoms in total. The van der Waals surface area contributed by atoms with Crippen LogP contribution in [-0.2, 0) is 11.2 Å². The Balaban J connectivity index is 0. The second-order valence-electron chi connectivity index (χ2n) is 5.89. The lowest BCUT2D eigenvalue weighted by atomic mass is 10.0. The quantitative estimate of drug-likeness (QED) is 0.746. The number of hydrogen-bond donors (Lipinski definition) is 2. The largest absolute Gasteiger partial charge is 0.354 e. The van der Waals surface area contributed by atoms with Crippen LogP contribution in [0, 0.1) is 0 Å². The lowest BCUT2D eigenvalue weighted by Gasteiger charge is -2.25. The molecule has 2 atom stereocenters. The van der Waals surface area contributed by atoms with Crippen molar-refractivity contribution in [3.8, 4) is 0 Å². The van der Waals surface area contributed by atoms with Crippen molar-refractivity contribution in [1.82, 2.24) is 10.2 Å². The Bertz CT molecular complexity index is 436. The normalized spacial score (nSPS) is 12.8. The molecule has 1 aromatic carbocycles. The highest BCUT2D eigenvalue weighted by atomic mass is 35.5. The summed E-state index contributed by atoms with van der Waals surface area (Å²) in [7, 11) is 4.07. The Morgan fingerprint density at radius 2 is 1.78 bits per heavy atom. The van der Waals surface area contributed by atoms with E-state index in [4.69, 9.17) is 5.73 Å². The Morgan fingerprint density at radius 3 is 2.22 bits per heavy atom. The number of likely N-dealkylation sites (N-methyl/N-ethyl adjacent to an activating group) is 1. The van der Waals surface area contributed by atoms with E-state index in [2.05, 4.69) is 41.4 Å². The van der Waals surface area contributed by atoms with Crippen molar-refractivity contribution in [3.05, 3.63) is 35.4 Å². The molecule has 1 aromatic rings. The zero-order chi connectivity index (χ0) is 15.8. The van der Waals surface area contributed by atoms with E-state index in [9.17, 15) is 4.79 Å². The number of rotatable bonds is 8. The van der Waals surface area contributed by atoms with E-state index in [-0.39, 0.29) is 42.8 Å². The fraction of sp³-hybridized carbons (Fsp3) is 0.588. The highest BCUT2D eigenvalue weighted by Gasteiger charge is 2.15. The summed E-state index contributed by atoms with van der Waals surface area (Å²) in [4.78, 5) is 14.0. The van der Waals surface area contributed by atoms with Gasteiger partial charge < -0.3 is 16.0 Å². The van der Waals surface area contributed by atoms with E-state index in [1.54, 1.807) is 0 Å². The lowest BCUT2D eigenvalue weighted by molar-refractivity contribution is -0.121. The summed E-state index contributed by atoms with van der Waals surface area (Å²) in [6.07, 6.45) is 2.26. The second kappa shape index (κ2) is 12.6. The fourth-order valence-corrected chi connectivity index (χ4v) is 2.23. The van der Waals surface area contributed by atoms with Crippen molar-refractivity contribution in [2.75, 3.05) is 20.6 Å². The summed E-state index contributed by atoms with van der Waals surface area (Å²) in [5, 5.41) is 3.01. The average Bonchev–Trinajstić information content (AvgIpc) is 2.45. The molecule has 0 spiro atoms. The predicted octanol–water partition coefficient (Wildman–Crippen LogP) is 2.94. The molecular formula is C17H31Cl2N3O. The van der Waals surface area contributed by atoms with E-state index in [1.807, 2.05) is 21.0 Å². The van der Waals surface area contributed by atoms with Gasteiger partial charge in [0.2, 0.25) is 5.91 Å². The van der Waals surface area contributed by atoms with Crippen molar-refractivity contribution in [2.24, 2.45) is 5.73 Å². The summed E-state index contributed by atoms with van der Waals surface area (Å²) in [5.74, 6) is 0.0735. The molecule has 3 N–H and O–H groups in total. The highest BCUT2D eigenvalue weighted by Crippen LogP contribution is 2.18. The molecule has 134 valence electrons. The number of nitrogens with one attached hydrogen (secondary N) is 1. The highest BCUT2D eigenvalue weighted by molar-refractivity contribution is 5.85. The van der Waals surface area contributed by atoms with Crippen LogP contribution < -0.4 is 11.1 Å². The third kappa shape index (κ3) is 9.16. The van der Waals surface area contributed by atoms with Gasteiger partial charge in [-0.3, -0.25) is 4.79 Å². The van der Waals surface area contributed by atoms with Crippen molar-refractivity contribution in [3.63, 3.8) is 0 Å². The van der Waals surface area contributed by atoms with Gasteiger partial charge in [-0.05, 0) is 45.0 Å². The van der Waals surface area contributed by atoms with Gasteiger partial charge in [-0.2, -0.15) is 0 Å². The second-order valence-corrected chi connectivity index (χ2v) is 5.89. The van der Waals surface area contributed by atoms with Crippen LogP contribution in [0.4, 0.5) is 0 Å². The van der Waals surface area contributed by atoms with Crippen LogP contribution in [0.15, 0.2) is 24.3 Å². The monoisotopic (exact) mass is 363 g/mol. The number of amides is 1. The molecule has 0 saturated heterocycles. The number of carbonyl (C=O) groups excluding carboxylic acids is 1. The standard InChI is InChI=1S/C17H29N3O.2ClH/c1-5-14-7-9-15(10-8-14)16(20(3)4)12-19-17(21)11-6-13(2)18;;/h7-10,13,16H,5-6,11-12,18H2,1-4H3,(H,19,21);2*1H. The number of nitrogens with two attached hydrogens (primary N) is 1. The lowest BCUT2D eigenvalue weighted by Crippen LogP contribution is -2.35. The first-order valence-electron chi connectivity index (χ1n) is 7.71. The minimum absolute atomic E-state index is 0. The van der Waals surface area contributed by atoms with Crippen LogP contribution in [-0.4, -0.2) is 37.5 Å². The number of nitrogens with zero attached hydrogens (tertiary/aromatic N) is 1. The minimum atomic E-state index is 0. The number of halogens is 2. The van der Waals surface area contributed by atoms with Gasteiger partial charge in [0.05, 0.1) is 6.04 Å². The molecule has 0 bridgehead atoms. The third-order valence-corrected chi connectivity index (χ3v) is 3.72. The van der Waals surface area contributed by atoms with Crippen LogP contribution in [0.2, 0.25) is 0 Å². The smallest absolute Gasteiger partial charge is 0.220 e. The topological polar surface area (TPSA) is 58.4 Å². The SMILES string of the molecule is CCc1ccc(C(CNC(=O)CCC(C)N)N(C)C)cc1.Cl.Cl. The van der Waals surface area contributed by atoms with Crippen LogP contribution in [0.25, 0.3) is 0 Å². The number of aryl methyl sites for hydroxylation is 1. The van der Waals surface area contributed by atoms with Gasteiger partial charge in [0.15, 0.2) is 0 Å². The zero-order valence-corrected chi connectivity index (χ0v) is 16.2. The van der Waals surface area contributed by atoms with Gasteiger partial charge in [0, 0.05) is 19.0 Å². The van der Waals surface area contributed by atoms with Gasteiger partial charge in [-0.1, -0.05) is 31.2 Å². The first kappa shape index (κ1) is 24.4. The van der Waals surface area contributed by atoms with Crippen LogP contribution in [0.3, 0.4) is 0 Å². The fourth-order valence-electron chi connectivity index (χ4n) is 2.23. The maximum atomic E-state index is 11.8. The first-order valence-corrected chi connectivity index (χ1v) is 7.71. The molecule has 0 aliphatic carbocycles. The van der Waals surface area contributed by atoms with Crippen molar-refractivity contribution in [1.29, 1.82) is 0 Å². The van der Waals surface area contributed by atoms with Crippen LogP contribution in [0.1, 0.15) is 43.9 Å². The third-order valence-electron chi connectivity index (χ3n) is 3.72. The Labute approximate surface area is 153 Å². The van der Waals surface area contributed by atoms with Gasteiger partial charge in [-0.25, -0.2) is 0 Å². The van der Waals surface area contributed by atoms with E-state index < -0.39 is 0 Å². The molecule has 23 heavy (non-hydrogen) atoms. The molecule has 1 amide bonds. The molecule has 0 fully saturated rings. The van der Waals surface area contributed by atoms with Gasteiger partial charge in [0.1, 0.15) is 0 Å². The molecule has 6 heteroatoms. The van der Waals surface area contributed by atoms with Crippen molar-refractivity contribution >= 4 is 30.7 Å². The Kier molecular flexibility index (Phi) is 13.4. The molecule has 2 unspecified atom stereocenters. The molecule has 0 aromatic heterocycles. The summed E-state index contributed by atoms with van der Waals surface area (Å²) < 4.78 is 0. The average molecular weight is 364 g/mol. The van der Waals surface area contributed by atoms with Crippen LogP contribution >= 0.6 is 24.8 Å². The Morgan fingerprint density at radius 1 is 1.22 bits per heavy atom. The van der Waals surface area contributed by atoms with Crippen LogP contribution in [0.5, 0.6) is 0 Å². The van der Waals surface area contributed by atoms with Crippen molar-refractivity contribution < 1.29 is 4.79 Å². The molecule has 0 aliphatic heterocycles. The minimum Gasteiger partial charge on any atom is -0.354 e. The zero-order valence-electron chi connectivity index (χ0n) is 14.5. The number of hydrogen-bond acceptors (Lipinski definition) is 3. The number of benzene rings is 1. The summed E-state index contributed by atoms with van der Waals surface area (Å²) in [6.45, 7) is 4.69. The van der Waals surface area contributed by atoms with E-state index >= 15 is 0 Å². The summed E-state index contributed by atoms with van der Waals surface area (Å²) in [5.41, 5.74) is 8.23. The molecule has 1 rings (SSSR count). The molecule has 0 aliphatic rings. The maximum Gasteiger partial charge on any atom is 0.220 e.